The number of rotatable bonds is 6. The van der Waals surface area contributed by atoms with Gasteiger partial charge in [-0.25, -0.2) is 0 Å². The average molecular weight is 269 g/mol. The molecule has 0 aliphatic carbocycles. The monoisotopic (exact) mass is 269 g/mol. The Balaban J connectivity index is 2.30. The van der Waals surface area contributed by atoms with E-state index in [9.17, 15) is 4.79 Å². The Hall–Kier alpha value is -0.610. The van der Waals surface area contributed by atoms with Crippen LogP contribution >= 0.6 is 0 Å². The molecule has 1 fully saturated rings. The van der Waals surface area contributed by atoms with Gasteiger partial charge < -0.3 is 14.7 Å². The fourth-order valence-corrected chi connectivity index (χ4v) is 2.71. The second kappa shape index (κ2) is 7.85. The van der Waals surface area contributed by atoms with E-state index in [1.807, 2.05) is 11.9 Å². The van der Waals surface area contributed by atoms with E-state index in [1.165, 1.54) is 0 Å². The van der Waals surface area contributed by atoms with E-state index >= 15 is 0 Å². The van der Waals surface area contributed by atoms with E-state index in [-0.39, 0.29) is 5.92 Å². The molecule has 0 atom stereocenters. The van der Waals surface area contributed by atoms with Crippen molar-refractivity contribution in [2.75, 3.05) is 47.3 Å². The van der Waals surface area contributed by atoms with Gasteiger partial charge in [-0.2, -0.15) is 0 Å². The van der Waals surface area contributed by atoms with Crippen molar-refractivity contribution in [1.82, 2.24) is 14.7 Å². The summed E-state index contributed by atoms with van der Waals surface area (Å²) >= 11 is 0. The van der Waals surface area contributed by atoms with Crippen molar-refractivity contribution in [2.45, 2.75) is 39.2 Å². The van der Waals surface area contributed by atoms with Crippen LogP contribution in [0, 0.1) is 5.92 Å². The van der Waals surface area contributed by atoms with Crippen LogP contribution < -0.4 is 0 Å². The van der Waals surface area contributed by atoms with Crippen LogP contribution in [0.4, 0.5) is 0 Å². The number of likely N-dealkylation sites (tertiary alicyclic amines) is 1. The quantitative estimate of drug-likeness (QED) is 0.731. The number of hydrogen-bond donors (Lipinski definition) is 0. The molecule has 1 aliphatic rings. The Labute approximate surface area is 118 Å². The third-order valence-corrected chi connectivity index (χ3v) is 4.08. The first-order valence-corrected chi connectivity index (χ1v) is 7.55. The maximum atomic E-state index is 12.3. The van der Waals surface area contributed by atoms with Crippen LogP contribution in [0.1, 0.15) is 33.1 Å². The fourth-order valence-electron chi connectivity index (χ4n) is 2.71. The number of hydrogen-bond acceptors (Lipinski definition) is 3. The molecule has 0 aromatic rings. The van der Waals surface area contributed by atoms with E-state index in [2.05, 4.69) is 37.7 Å². The molecule has 0 N–H and O–H groups in total. The smallest absolute Gasteiger partial charge is 0.225 e. The van der Waals surface area contributed by atoms with Crippen molar-refractivity contribution in [2.24, 2.45) is 5.92 Å². The van der Waals surface area contributed by atoms with Crippen LogP contribution in [0.5, 0.6) is 0 Å². The molecule has 0 aromatic heterocycles. The van der Waals surface area contributed by atoms with E-state index in [0.29, 0.717) is 11.9 Å². The van der Waals surface area contributed by atoms with Gasteiger partial charge in [0, 0.05) is 25.6 Å². The lowest BCUT2D eigenvalue weighted by Gasteiger charge is -2.35. The van der Waals surface area contributed by atoms with Crippen molar-refractivity contribution >= 4 is 5.91 Å². The molecule has 0 radical (unpaired) electrons. The van der Waals surface area contributed by atoms with Gasteiger partial charge in [0.25, 0.3) is 0 Å². The number of amides is 1. The van der Waals surface area contributed by atoms with Crippen molar-refractivity contribution in [3.05, 3.63) is 0 Å². The maximum absolute atomic E-state index is 12.3. The summed E-state index contributed by atoms with van der Waals surface area (Å²) in [5.41, 5.74) is 0. The number of carbonyl (C=O) groups excluding carboxylic acids is 1. The summed E-state index contributed by atoms with van der Waals surface area (Å²) < 4.78 is 0. The van der Waals surface area contributed by atoms with Gasteiger partial charge in [0.2, 0.25) is 5.91 Å². The molecule has 112 valence electrons. The third kappa shape index (κ3) is 5.49. The topological polar surface area (TPSA) is 26.8 Å². The van der Waals surface area contributed by atoms with Gasteiger partial charge in [-0.3, -0.25) is 4.79 Å². The molecular formula is C15H31N3O. The fraction of sp³-hybridized carbons (Fsp3) is 0.933. The SMILES string of the molecule is CC(C)N1CCC(C(=O)N(C)CCCN(C)C)CC1. The molecule has 1 aliphatic heterocycles. The Kier molecular flexibility index (Phi) is 6.80. The van der Waals surface area contributed by atoms with Gasteiger partial charge in [-0.1, -0.05) is 0 Å². The normalized spacial score (nSPS) is 18.3. The number of nitrogens with zero attached hydrogens (tertiary/aromatic N) is 3. The summed E-state index contributed by atoms with van der Waals surface area (Å²) in [5, 5.41) is 0. The number of carbonyl (C=O) groups is 1. The van der Waals surface area contributed by atoms with Gasteiger partial charge in [0.1, 0.15) is 0 Å². The van der Waals surface area contributed by atoms with Crippen molar-refractivity contribution < 1.29 is 4.79 Å². The molecule has 0 spiro atoms. The van der Waals surface area contributed by atoms with Crippen LogP contribution in [0.15, 0.2) is 0 Å². The van der Waals surface area contributed by atoms with Crippen LogP contribution in [0.25, 0.3) is 0 Å². The van der Waals surface area contributed by atoms with Gasteiger partial charge >= 0.3 is 0 Å². The highest BCUT2D eigenvalue weighted by Gasteiger charge is 2.27. The molecule has 4 nitrogen and oxygen atoms in total. The highest BCUT2D eigenvalue weighted by atomic mass is 16.2. The van der Waals surface area contributed by atoms with E-state index in [4.69, 9.17) is 0 Å². The maximum Gasteiger partial charge on any atom is 0.225 e. The second-order valence-corrected chi connectivity index (χ2v) is 6.32. The molecule has 1 saturated heterocycles. The first-order valence-electron chi connectivity index (χ1n) is 7.55. The van der Waals surface area contributed by atoms with E-state index < -0.39 is 0 Å². The summed E-state index contributed by atoms with van der Waals surface area (Å²) in [5.74, 6) is 0.599. The van der Waals surface area contributed by atoms with E-state index in [1.54, 1.807) is 0 Å². The van der Waals surface area contributed by atoms with Gasteiger partial charge in [0.05, 0.1) is 0 Å². The molecule has 0 aromatic carbocycles. The van der Waals surface area contributed by atoms with Crippen LogP contribution in [0.3, 0.4) is 0 Å². The van der Waals surface area contributed by atoms with Gasteiger partial charge in [-0.15, -0.1) is 0 Å². The Morgan fingerprint density at radius 3 is 2.21 bits per heavy atom. The number of piperidine rings is 1. The minimum absolute atomic E-state index is 0.249. The lowest BCUT2D eigenvalue weighted by atomic mass is 9.94. The summed E-state index contributed by atoms with van der Waals surface area (Å²) in [6.45, 7) is 8.52. The Morgan fingerprint density at radius 1 is 1.16 bits per heavy atom. The summed E-state index contributed by atoms with van der Waals surface area (Å²) in [7, 11) is 6.10. The molecule has 19 heavy (non-hydrogen) atoms. The third-order valence-electron chi connectivity index (χ3n) is 4.08. The zero-order chi connectivity index (χ0) is 14.4. The zero-order valence-electron chi connectivity index (χ0n) is 13.4. The molecule has 1 rings (SSSR count). The first-order chi connectivity index (χ1) is 8.91. The minimum Gasteiger partial charge on any atom is -0.345 e. The van der Waals surface area contributed by atoms with Gasteiger partial charge in [-0.05, 0) is 66.8 Å². The molecule has 1 heterocycles. The zero-order valence-corrected chi connectivity index (χ0v) is 13.4. The lowest BCUT2D eigenvalue weighted by molar-refractivity contribution is -0.136. The average Bonchev–Trinajstić information content (AvgIpc) is 2.37. The lowest BCUT2D eigenvalue weighted by Crippen LogP contribution is -2.43. The molecule has 0 bridgehead atoms. The van der Waals surface area contributed by atoms with Crippen LogP contribution in [0.2, 0.25) is 0 Å². The molecule has 1 amide bonds. The second-order valence-electron chi connectivity index (χ2n) is 6.32. The van der Waals surface area contributed by atoms with Crippen molar-refractivity contribution in [1.29, 1.82) is 0 Å². The molecule has 4 heteroatoms. The molecular weight excluding hydrogens is 238 g/mol. The summed E-state index contributed by atoms with van der Waals surface area (Å²) in [6.07, 6.45) is 3.10. The predicted octanol–water partition coefficient (Wildman–Crippen LogP) is 1.52. The van der Waals surface area contributed by atoms with Crippen molar-refractivity contribution in [3.8, 4) is 0 Å². The molecule has 0 unspecified atom stereocenters. The minimum atomic E-state index is 0.249. The highest BCUT2D eigenvalue weighted by Crippen LogP contribution is 2.20. The Morgan fingerprint density at radius 2 is 1.74 bits per heavy atom. The summed E-state index contributed by atoms with van der Waals surface area (Å²) in [4.78, 5) is 18.9. The van der Waals surface area contributed by atoms with E-state index in [0.717, 1.165) is 45.4 Å². The van der Waals surface area contributed by atoms with Crippen molar-refractivity contribution in [3.63, 3.8) is 0 Å². The summed E-state index contributed by atoms with van der Waals surface area (Å²) in [6, 6.07) is 0.605. The standard InChI is InChI=1S/C15H31N3O/c1-13(2)18-11-7-14(8-12-18)15(19)17(5)10-6-9-16(3)4/h13-14H,6-12H2,1-5H3. The predicted molar refractivity (Wildman–Crippen MR) is 80.2 cm³/mol. The first kappa shape index (κ1) is 16.4. The molecule has 0 saturated carbocycles. The largest absolute Gasteiger partial charge is 0.345 e. The highest BCUT2D eigenvalue weighted by molar-refractivity contribution is 5.78. The van der Waals surface area contributed by atoms with Gasteiger partial charge in [0.15, 0.2) is 0 Å². The Bertz CT molecular complexity index is 271. The van der Waals surface area contributed by atoms with Crippen LogP contribution in [-0.4, -0.2) is 74.0 Å². The van der Waals surface area contributed by atoms with Crippen LogP contribution in [-0.2, 0) is 4.79 Å².